The Bertz CT molecular complexity index is 612. The Kier molecular flexibility index (Phi) is 4.89. The van der Waals surface area contributed by atoms with Crippen LogP contribution in [0, 0.1) is 12.7 Å². The molecule has 0 saturated heterocycles. The number of carbonyl (C=O) groups excluding carboxylic acids is 1. The summed E-state index contributed by atoms with van der Waals surface area (Å²) in [5, 5.41) is 9.52. The average Bonchev–Trinajstić information content (AvgIpc) is 2.80. The quantitative estimate of drug-likeness (QED) is 0.822. The molecule has 106 valence electrons. The first-order valence-corrected chi connectivity index (χ1v) is 7.09. The third-order valence-electron chi connectivity index (χ3n) is 3.02. The lowest BCUT2D eigenvalue weighted by molar-refractivity contribution is 0.0949. The SMILES string of the molecule is Cc1[nH]ncc1CCCNC(=O)c1ccc(Br)cc1F. The van der Waals surface area contributed by atoms with Gasteiger partial charge in [0.25, 0.3) is 5.91 Å². The fourth-order valence-electron chi connectivity index (χ4n) is 1.88. The molecule has 0 aliphatic rings. The van der Waals surface area contributed by atoms with Crippen LogP contribution < -0.4 is 5.32 Å². The van der Waals surface area contributed by atoms with E-state index in [1.165, 1.54) is 12.1 Å². The minimum Gasteiger partial charge on any atom is -0.352 e. The molecule has 1 amide bonds. The zero-order chi connectivity index (χ0) is 14.5. The molecule has 0 aliphatic heterocycles. The van der Waals surface area contributed by atoms with Gasteiger partial charge in [0.05, 0.1) is 11.8 Å². The van der Waals surface area contributed by atoms with Gasteiger partial charge in [-0.1, -0.05) is 15.9 Å². The molecule has 0 fully saturated rings. The van der Waals surface area contributed by atoms with E-state index in [1.807, 2.05) is 6.92 Å². The Morgan fingerprint density at radius 1 is 1.50 bits per heavy atom. The monoisotopic (exact) mass is 339 g/mol. The van der Waals surface area contributed by atoms with Gasteiger partial charge >= 0.3 is 0 Å². The van der Waals surface area contributed by atoms with Gasteiger partial charge in [0, 0.05) is 16.7 Å². The van der Waals surface area contributed by atoms with Gasteiger partial charge in [0.2, 0.25) is 0 Å². The zero-order valence-electron chi connectivity index (χ0n) is 11.0. The van der Waals surface area contributed by atoms with Crippen LogP contribution in [0.5, 0.6) is 0 Å². The number of halogens is 2. The summed E-state index contributed by atoms with van der Waals surface area (Å²) in [5.74, 6) is -0.915. The highest BCUT2D eigenvalue weighted by Crippen LogP contribution is 2.15. The third-order valence-corrected chi connectivity index (χ3v) is 3.51. The smallest absolute Gasteiger partial charge is 0.254 e. The van der Waals surface area contributed by atoms with Crippen molar-refractivity contribution in [1.82, 2.24) is 15.5 Å². The van der Waals surface area contributed by atoms with Crippen LogP contribution in [0.1, 0.15) is 28.0 Å². The highest BCUT2D eigenvalue weighted by molar-refractivity contribution is 9.10. The van der Waals surface area contributed by atoms with Crippen molar-refractivity contribution in [3.05, 3.63) is 51.5 Å². The van der Waals surface area contributed by atoms with E-state index >= 15 is 0 Å². The molecule has 2 N–H and O–H groups in total. The van der Waals surface area contributed by atoms with Crippen molar-refractivity contribution in [1.29, 1.82) is 0 Å². The second-order valence-corrected chi connectivity index (χ2v) is 5.42. The summed E-state index contributed by atoms with van der Waals surface area (Å²) in [6.45, 7) is 2.46. The van der Waals surface area contributed by atoms with Crippen LogP contribution >= 0.6 is 15.9 Å². The van der Waals surface area contributed by atoms with E-state index in [2.05, 4.69) is 31.4 Å². The summed E-state index contributed by atoms with van der Waals surface area (Å²) in [5.41, 5.74) is 2.23. The number of rotatable bonds is 5. The molecule has 2 aromatic rings. The van der Waals surface area contributed by atoms with E-state index in [0.717, 1.165) is 24.1 Å². The van der Waals surface area contributed by atoms with Crippen molar-refractivity contribution >= 4 is 21.8 Å². The molecule has 0 unspecified atom stereocenters. The number of aromatic nitrogens is 2. The molecule has 1 heterocycles. The number of amides is 1. The molecule has 1 aromatic carbocycles. The van der Waals surface area contributed by atoms with Gasteiger partial charge < -0.3 is 5.32 Å². The molecule has 2 rings (SSSR count). The maximum absolute atomic E-state index is 13.6. The number of aryl methyl sites for hydroxylation is 2. The van der Waals surface area contributed by atoms with Crippen LogP contribution in [0.15, 0.2) is 28.9 Å². The number of hydrogen-bond donors (Lipinski definition) is 2. The lowest BCUT2D eigenvalue weighted by Crippen LogP contribution is -2.25. The molecular formula is C14H15BrFN3O. The van der Waals surface area contributed by atoms with E-state index < -0.39 is 5.82 Å². The Balaban J connectivity index is 1.82. The predicted molar refractivity (Wildman–Crippen MR) is 78.1 cm³/mol. The van der Waals surface area contributed by atoms with E-state index in [4.69, 9.17) is 0 Å². The number of carbonyl (C=O) groups is 1. The van der Waals surface area contributed by atoms with E-state index in [-0.39, 0.29) is 11.5 Å². The molecule has 6 heteroatoms. The van der Waals surface area contributed by atoms with Gasteiger partial charge in [-0.15, -0.1) is 0 Å². The molecule has 0 spiro atoms. The number of nitrogens with one attached hydrogen (secondary N) is 2. The summed E-state index contributed by atoms with van der Waals surface area (Å²) in [6, 6.07) is 4.39. The summed E-state index contributed by atoms with van der Waals surface area (Å²) < 4.78 is 14.2. The van der Waals surface area contributed by atoms with Crippen LogP contribution in [-0.2, 0) is 6.42 Å². The number of aromatic amines is 1. The molecule has 0 atom stereocenters. The maximum Gasteiger partial charge on any atom is 0.254 e. The molecule has 20 heavy (non-hydrogen) atoms. The normalized spacial score (nSPS) is 10.6. The summed E-state index contributed by atoms with van der Waals surface area (Å²) in [6.07, 6.45) is 3.39. The average molecular weight is 340 g/mol. The minimum absolute atomic E-state index is 0.0627. The van der Waals surface area contributed by atoms with Crippen molar-refractivity contribution in [3.8, 4) is 0 Å². The predicted octanol–water partition coefficient (Wildman–Crippen LogP) is 2.98. The Hall–Kier alpha value is -1.69. The van der Waals surface area contributed by atoms with Crippen molar-refractivity contribution in [3.63, 3.8) is 0 Å². The van der Waals surface area contributed by atoms with Crippen molar-refractivity contribution in [2.24, 2.45) is 0 Å². The topological polar surface area (TPSA) is 57.8 Å². The number of nitrogens with zero attached hydrogens (tertiary/aromatic N) is 1. The zero-order valence-corrected chi connectivity index (χ0v) is 12.6. The summed E-state index contributed by atoms with van der Waals surface area (Å²) in [4.78, 5) is 11.8. The van der Waals surface area contributed by atoms with Gasteiger partial charge in [-0.3, -0.25) is 9.89 Å². The highest BCUT2D eigenvalue weighted by Gasteiger charge is 2.11. The lowest BCUT2D eigenvalue weighted by Gasteiger charge is -2.06. The molecule has 0 aliphatic carbocycles. The van der Waals surface area contributed by atoms with Crippen LogP contribution in [-0.4, -0.2) is 22.6 Å². The highest BCUT2D eigenvalue weighted by atomic mass is 79.9. The maximum atomic E-state index is 13.6. The largest absolute Gasteiger partial charge is 0.352 e. The first-order valence-electron chi connectivity index (χ1n) is 6.30. The van der Waals surface area contributed by atoms with Crippen LogP contribution in [0.25, 0.3) is 0 Å². The van der Waals surface area contributed by atoms with Gasteiger partial charge in [0.15, 0.2) is 0 Å². The summed E-state index contributed by atoms with van der Waals surface area (Å²) in [7, 11) is 0. The fourth-order valence-corrected chi connectivity index (χ4v) is 2.21. The molecule has 4 nitrogen and oxygen atoms in total. The minimum atomic E-state index is -0.525. The molecule has 0 saturated carbocycles. The third kappa shape index (κ3) is 3.66. The van der Waals surface area contributed by atoms with Crippen LogP contribution in [0.2, 0.25) is 0 Å². The number of benzene rings is 1. The van der Waals surface area contributed by atoms with Crippen molar-refractivity contribution in [2.75, 3.05) is 6.54 Å². The number of hydrogen-bond acceptors (Lipinski definition) is 2. The molecule has 0 bridgehead atoms. The van der Waals surface area contributed by atoms with Gasteiger partial charge in [-0.2, -0.15) is 5.10 Å². The van der Waals surface area contributed by atoms with E-state index in [9.17, 15) is 9.18 Å². The van der Waals surface area contributed by atoms with E-state index in [1.54, 1.807) is 12.3 Å². The number of H-pyrrole nitrogens is 1. The van der Waals surface area contributed by atoms with Crippen LogP contribution in [0.3, 0.4) is 0 Å². The van der Waals surface area contributed by atoms with E-state index in [0.29, 0.717) is 11.0 Å². The van der Waals surface area contributed by atoms with Gasteiger partial charge in [-0.25, -0.2) is 4.39 Å². The Morgan fingerprint density at radius 2 is 2.30 bits per heavy atom. The van der Waals surface area contributed by atoms with Crippen molar-refractivity contribution < 1.29 is 9.18 Å². The standard InChI is InChI=1S/C14H15BrFN3O/c1-9-10(8-18-19-9)3-2-6-17-14(20)12-5-4-11(15)7-13(12)16/h4-5,7-8H,2-3,6H2,1H3,(H,17,20)(H,18,19). The molecule has 1 aromatic heterocycles. The van der Waals surface area contributed by atoms with Crippen molar-refractivity contribution in [2.45, 2.75) is 19.8 Å². The fraction of sp³-hybridized carbons (Fsp3) is 0.286. The van der Waals surface area contributed by atoms with Crippen LogP contribution in [0.4, 0.5) is 4.39 Å². The second kappa shape index (κ2) is 6.65. The second-order valence-electron chi connectivity index (χ2n) is 4.50. The molecule has 0 radical (unpaired) electrons. The molecular weight excluding hydrogens is 325 g/mol. The Labute approximate surface area is 124 Å². The summed E-state index contributed by atoms with van der Waals surface area (Å²) >= 11 is 3.16. The lowest BCUT2D eigenvalue weighted by atomic mass is 10.1. The first-order chi connectivity index (χ1) is 9.58. The first kappa shape index (κ1) is 14.7. The Morgan fingerprint density at radius 3 is 2.95 bits per heavy atom. The van der Waals surface area contributed by atoms with Gasteiger partial charge in [-0.05, 0) is 43.5 Å². The van der Waals surface area contributed by atoms with Gasteiger partial charge in [0.1, 0.15) is 5.82 Å².